The molecule has 28 heavy (non-hydrogen) atoms. The number of carboxylic acid groups (broad SMARTS) is 1. The maximum atomic E-state index is 11.7. The lowest BCUT2D eigenvalue weighted by atomic mass is 9.96. The van der Waals surface area contributed by atoms with Gasteiger partial charge in [0, 0.05) is 11.3 Å². The second-order valence-corrected chi connectivity index (χ2v) is 8.81. The quantitative estimate of drug-likeness (QED) is 0.694. The highest BCUT2D eigenvalue weighted by Gasteiger charge is 2.24. The van der Waals surface area contributed by atoms with E-state index in [2.05, 4.69) is 17.4 Å². The van der Waals surface area contributed by atoms with Crippen LogP contribution < -0.4 is 10.4 Å². The fraction of sp³-hybridized carbons (Fsp3) is 0.409. The van der Waals surface area contributed by atoms with E-state index in [-0.39, 0.29) is 5.92 Å². The predicted molar refractivity (Wildman–Crippen MR) is 111 cm³/mol. The van der Waals surface area contributed by atoms with Gasteiger partial charge in [-0.3, -0.25) is 0 Å². The Morgan fingerprint density at radius 2 is 1.93 bits per heavy atom. The molecule has 6 heteroatoms. The Hall–Kier alpha value is -2.47. The molecule has 146 valence electrons. The molecule has 3 aromatic rings. The molecule has 0 bridgehead atoms. The zero-order valence-corrected chi connectivity index (χ0v) is 17.0. The van der Waals surface area contributed by atoms with Crippen molar-refractivity contribution in [3.05, 3.63) is 52.2 Å². The molecule has 0 saturated carbocycles. The standard InChI is InChI=1S/C22H25N3O2S/c1-13(2)19(22(26)27)25-20-18-15-10-6-7-11-16(15)28-21(18)24-17(23-20)12-14-8-4-3-5-9-14/h3-5,8-9,13,19H,6-7,10-12H2,1-2H3,(H,26,27)(H,23,24,25)/p-1/t19-/m0/s1. The number of thiophene rings is 1. The van der Waals surface area contributed by atoms with Gasteiger partial charge >= 0.3 is 0 Å². The number of benzene rings is 1. The number of aromatic nitrogens is 2. The van der Waals surface area contributed by atoms with Crippen LogP contribution in [-0.2, 0) is 24.1 Å². The number of rotatable bonds is 6. The van der Waals surface area contributed by atoms with Crippen LogP contribution in [0.15, 0.2) is 30.3 Å². The third-order valence-corrected chi connectivity index (χ3v) is 6.46. The van der Waals surface area contributed by atoms with Gasteiger partial charge in [0.2, 0.25) is 0 Å². The van der Waals surface area contributed by atoms with Crippen molar-refractivity contribution < 1.29 is 9.90 Å². The summed E-state index contributed by atoms with van der Waals surface area (Å²) in [4.78, 5) is 23.6. The first-order chi connectivity index (χ1) is 13.5. The minimum Gasteiger partial charge on any atom is -0.548 e. The molecule has 4 rings (SSSR count). The van der Waals surface area contributed by atoms with E-state index in [1.165, 1.54) is 16.9 Å². The number of carbonyl (C=O) groups excluding carboxylic acids is 1. The molecular weight excluding hydrogens is 370 g/mol. The Balaban J connectivity index is 1.81. The number of nitrogens with zero attached hydrogens (tertiary/aromatic N) is 2. The number of fused-ring (bicyclic) bond motifs is 3. The Bertz CT molecular complexity index is 998. The largest absolute Gasteiger partial charge is 0.548 e. The van der Waals surface area contributed by atoms with Crippen LogP contribution in [0.5, 0.6) is 0 Å². The van der Waals surface area contributed by atoms with Gasteiger partial charge in [0.1, 0.15) is 16.5 Å². The number of aryl methyl sites for hydroxylation is 2. The van der Waals surface area contributed by atoms with Crippen LogP contribution >= 0.6 is 11.3 Å². The highest BCUT2D eigenvalue weighted by molar-refractivity contribution is 7.19. The summed E-state index contributed by atoms with van der Waals surface area (Å²) in [6.07, 6.45) is 5.03. The van der Waals surface area contributed by atoms with Gasteiger partial charge in [0.15, 0.2) is 0 Å². The topological polar surface area (TPSA) is 77.9 Å². The number of aliphatic carboxylic acids is 1. The maximum absolute atomic E-state index is 11.7. The van der Waals surface area contributed by atoms with Crippen LogP contribution in [-0.4, -0.2) is 22.0 Å². The molecule has 5 nitrogen and oxygen atoms in total. The van der Waals surface area contributed by atoms with Crippen molar-refractivity contribution in [2.45, 2.75) is 52.0 Å². The first-order valence-electron chi connectivity index (χ1n) is 9.85. The predicted octanol–water partition coefficient (Wildman–Crippen LogP) is 3.35. The smallest absolute Gasteiger partial charge is 0.139 e. The summed E-state index contributed by atoms with van der Waals surface area (Å²) in [5, 5.41) is 15.8. The van der Waals surface area contributed by atoms with Gasteiger partial charge in [-0.15, -0.1) is 11.3 Å². The molecule has 1 aliphatic rings. The van der Waals surface area contributed by atoms with E-state index in [4.69, 9.17) is 9.97 Å². The van der Waals surface area contributed by atoms with Crippen molar-refractivity contribution >= 4 is 33.3 Å². The molecular formula is C22H24N3O2S-. The molecule has 0 aliphatic heterocycles. The summed E-state index contributed by atoms with van der Waals surface area (Å²) < 4.78 is 0. The summed E-state index contributed by atoms with van der Waals surface area (Å²) in [6.45, 7) is 3.75. The first kappa shape index (κ1) is 18.9. The van der Waals surface area contributed by atoms with Crippen LogP contribution in [0.3, 0.4) is 0 Å². The highest BCUT2D eigenvalue weighted by Crippen LogP contribution is 2.39. The Kier molecular flexibility index (Phi) is 5.31. The molecule has 0 saturated heterocycles. The first-order valence-corrected chi connectivity index (χ1v) is 10.7. The van der Waals surface area contributed by atoms with Crippen LogP contribution in [0.2, 0.25) is 0 Å². The van der Waals surface area contributed by atoms with E-state index in [1.807, 2.05) is 32.0 Å². The second-order valence-electron chi connectivity index (χ2n) is 7.73. The van der Waals surface area contributed by atoms with Crippen LogP contribution in [0.4, 0.5) is 5.82 Å². The molecule has 0 amide bonds. The molecule has 1 aliphatic carbocycles. The lowest BCUT2D eigenvalue weighted by molar-refractivity contribution is -0.307. The van der Waals surface area contributed by atoms with E-state index in [0.29, 0.717) is 18.1 Å². The molecule has 1 N–H and O–H groups in total. The Morgan fingerprint density at radius 1 is 1.18 bits per heavy atom. The van der Waals surface area contributed by atoms with Crippen molar-refractivity contribution in [2.75, 3.05) is 5.32 Å². The monoisotopic (exact) mass is 394 g/mol. The summed E-state index contributed by atoms with van der Waals surface area (Å²) in [6, 6.07) is 9.31. The average molecular weight is 395 g/mol. The van der Waals surface area contributed by atoms with Crippen molar-refractivity contribution in [1.29, 1.82) is 0 Å². The van der Waals surface area contributed by atoms with E-state index < -0.39 is 12.0 Å². The lowest BCUT2D eigenvalue weighted by Crippen LogP contribution is -2.44. The van der Waals surface area contributed by atoms with Crippen molar-refractivity contribution in [3.8, 4) is 0 Å². The van der Waals surface area contributed by atoms with Gasteiger partial charge in [-0.1, -0.05) is 44.2 Å². The lowest BCUT2D eigenvalue weighted by Gasteiger charge is -2.24. The van der Waals surface area contributed by atoms with Gasteiger partial charge in [-0.05, 0) is 42.7 Å². The Labute approximate surface area is 168 Å². The van der Waals surface area contributed by atoms with Crippen LogP contribution in [0, 0.1) is 5.92 Å². The zero-order chi connectivity index (χ0) is 19.7. The summed E-state index contributed by atoms with van der Waals surface area (Å²) in [5.41, 5.74) is 2.43. The molecule has 0 spiro atoms. The summed E-state index contributed by atoms with van der Waals surface area (Å²) >= 11 is 1.73. The fourth-order valence-corrected chi connectivity index (χ4v) is 5.09. The number of carboxylic acids is 1. The summed E-state index contributed by atoms with van der Waals surface area (Å²) in [5.74, 6) is 0.136. The van der Waals surface area contributed by atoms with Gasteiger partial charge < -0.3 is 15.2 Å². The van der Waals surface area contributed by atoms with Gasteiger partial charge in [-0.25, -0.2) is 9.97 Å². The molecule has 0 fully saturated rings. The van der Waals surface area contributed by atoms with Crippen molar-refractivity contribution in [3.63, 3.8) is 0 Å². The van der Waals surface area contributed by atoms with E-state index in [9.17, 15) is 9.90 Å². The van der Waals surface area contributed by atoms with Gasteiger partial charge in [-0.2, -0.15) is 0 Å². The highest BCUT2D eigenvalue weighted by atomic mass is 32.1. The number of hydrogen-bond acceptors (Lipinski definition) is 6. The Morgan fingerprint density at radius 3 is 2.64 bits per heavy atom. The minimum absolute atomic E-state index is 0.109. The van der Waals surface area contributed by atoms with Crippen LogP contribution in [0.25, 0.3) is 10.2 Å². The van der Waals surface area contributed by atoms with E-state index in [0.717, 1.165) is 35.0 Å². The molecule has 0 radical (unpaired) electrons. The van der Waals surface area contributed by atoms with E-state index in [1.54, 1.807) is 11.3 Å². The molecule has 2 heterocycles. The number of nitrogens with one attached hydrogen (secondary N) is 1. The third kappa shape index (κ3) is 3.74. The maximum Gasteiger partial charge on any atom is 0.139 e. The molecule has 2 aromatic heterocycles. The van der Waals surface area contributed by atoms with Crippen LogP contribution in [0.1, 0.15) is 48.5 Å². The minimum atomic E-state index is -1.10. The SMILES string of the molecule is CC(C)[C@H](Nc1nc(Cc2ccccc2)nc2sc3c(c12)CCCC3)C(=O)[O-]. The summed E-state index contributed by atoms with van der Waals surface area (Å²) in [7, 11) is 0. The van der Waals surface area contributed by atoms with Crippen molar-refractivity contribution in [2.24, 2.45) is 5.92 Å². The number of carbonyl (C=O) groups is 1. The van der Waals surface area contributed by atoms with Crippen molar-refractivity contribution in [1.82, 2.24) is 9.97 Å². The number of hydrogen-bond donors (Lipinski definition) is 1. The normalized spacial score (nSPS) is 14.8. The van der Waals surface area contributed by atoms with Gasteiger partial charge in [0.25, 0.3) is 0 Å². The molecule has 1 aromatic carbocycles. The molecule has 0 unspecified atom stereocenters. The molecule has 1 atom stereocenters. The third-order valence-electron chi connectivity index (χ3n) is 5.28. The van der Waals surface area contributed by atoms with Gasteiger partial charge in [0.05, 0.1) is 17.4 Å². The second kappa shape index (κ2) is 7.87. The average Bonchev–Trinajstić information content (AvgIpc) is 3.04. The van der Waals surface area contributed by atoms with E-state index >= 15 is 0 Å². The number of anilines is 1. The zero-order valence-electron chi connectivity index (χ0n) is 16.2. The fourth-order valence-electron chi connectivity index (χ4n) is 3.81.